The smallest absolute Gasteiger partial charge is 0.328 e. The molecule has 3 aromatic carbocycles. The van der Waals surface area contributed by atoms with Gasteiger partial charge in [-0.25, -0.2) is 13.6 Å². The first-order valence-electron chi connectivity index (χ1n) is 36.4. The van der Waals surface area contributed by atoms with Crippen molar-refractivity contribution in [3.05, 3.63) is 71.4 Å². The number of urea groups is 1. The molecule has 95 heavy (non-hydrogen) atoms. The summed E-state index contributed by atoms with van der Waals surface area (Å²) >= 11 is 0. The van der Waals surface area contributed by atoms with E-state index < -0.39 is 51.6 Å². The SMILES string of the molecule is [2H]C([2H])(N1CCN(CC2CCC3(CC2)CCN(C(=O)c2ccc(OC)c(N4CCC(=O)NC4=O)c2)CC3)CC1)C1(COc2nc(N3CCC[C@@](C)(O)C3)c3cnc(-c4cc(O[Si](C(C)C)(C(C)C)C(C)C)cc5ccc(F)c(C#C[Si](C(C)C)(C(C)C)C(C)C)c45)c(F)c3n2)CC1. The number of β-amino-alcohol motifs (C(OH)–C–C–N with tert-alkyl or cyclic N) is 1. The zero-order valence-electron chi connectivity index (χ0n) is 60.9. The Hall–Kier alpha value is -6.25. The van der Waals surface area contributed by atoms with E-state index in [0.717, 1.165) is 58.2 Å². The highest BCUT2D eigenvalue weighted by Crippen LogP contribution is 2.51. The van der Waals surface area contributed by atoms with E-state index in [1.807, 2.05) is 26.8 Å². The Kier molecular flexibility index (Phi) is 19.8. The van der Waals surface area contributed by atoms with Crippen LogP contribution >= 0.6 is 0 Å². The number of rotatable bonds is 20. The van der Waals surface area contributed by atoms with Crippen LogP contribution in [0.2, 0.25) is 33.2 Å². The van der Waals surface area contributed by atoms with Gasteiger partial charge in [0.2, 0.25) is 5.91 Å². The average molecular weight is 1340 g/mol. The normalized spacial score (nSPS) is 21.3. The highest BCUT2D eigenvalue weighted by Gasteiger charge is 2.49. The molecule has 0 radical (unpaired) electrons. The number of ether oxygens (including phenoxy) is 2. The first-order valence-corrected chi connectivity index (χ1v) is 39.8. The zero-order valence-corrected chi connectivity index (χ0v) is 60.9. The van der Waals surface area contributed by atoms with Crippen LogP contribution in [0.25, 0.3) is 32.9 Å². The number of hydrogen-bond donors (Lipinski definition) is 2. The van der Waals surface area contributed by atoms with Gasteiger partial charge in [-0.15, -0.1) is 5.54 Å². The van der Waals surface area contributed by atoms with Gasteiger partial charge in [-0.2, -0.15) is 9.97 Å². The van der Waals surface area contributed by atoms with Crippen molar-refractivity contribution in [1.82, 2.24) is 35.0 Å². The number of benzene rings is 3. The first-order chi connectivity index (χ1) is 45.9. The molecular formula is C75H105F2N9O7Si2. The van der Waals surface area contributed by atoms with Crippen molar-refractivity contribution in [3.8, 4) is 40.2 Å². The Labute approximate surface area is 568 Å². The van der Waals surface area contributed by atoms with Crippen LogP contribution in [0, 0.1) is 39.8 Å². The Morgan fingerprint density at radius 1 is 0.800 bits per heavy atom. The number of fused-ring (bicyclic) bond motifs is 2. The van der Waals surface area contributed by atoms with E-state index in [9.17, 15) is 22.2 Å². The Balaban J connectivity index is 0.810. The number of aromatic nitrogens is 3. The third kappa shape index (κ3) is 14.3. The number of anilines is 2. The molecule has 6 fully saturated rings. The molecule has 11 rings (SSSR count). The topological polar surface area (TPSA) is 166 Å². The average Bonchev–Trinajstić information content (AvgIpc) is 1.62. The molecule has 4 aliphatic heterocycles. The van der Waals surface area contributed by atoms with Crippen LogP contribution in [-0.2, 0) is 4.79 Å². The lowest BCUT2D eigenvalue weighted by Crippen LogP contribution is -2.50. The summed E-state index contributed by atoms with van der Waals surface area (Å²) in [6.45, 7) is 32.6. The van der Waals surface area contributed by atoms with Crippen LogP contribution in [0.4, 0.5) is 25.1 Å². The van der Waals surface area contributed by atoms with E-state index in [2.05, 4.69) is 105 Å². The van der Waals surface area contributed by atoms with Crippen LogP contribution in [0.5, 0.6) is 17.5 Å². The van der Waals surface area contributed by atoms with Gasteiger partial charge in [0, 0.05) is 109 Å². The predicted octanol–water partition coefficient (Wildman–Crippen LogP) is 14.9. The van der Waals surface area contributed by atoms with Crippen LogP contribution in [0.15, 0.2) is 48.7 Å². The van der Waals surface area contributed by atoms with E-state index in [1.54, 1.807) is 37.4 Å². The highest BCUT2D eigenvalue weighted by atomic mass is 28.4. The number of nitrogens with zero attached hydrogens (tertiary/aromatic N) is 8. The molecular weight excluding hydrogens is 1230 g/mol. The second-order valence-corrected chi connectivity index (χ2v) is 41.9. The minimum absolute atomic E-state index is 0.0318. The summed E-state index contributed by atoms with van der Waals surface area (Å²) in [7, 11) is -3.47. The molecule has 1 atom stereocenters. The molecule has 20 heteroatoms. The maximum Gasteiger partial charge on any atom is 0.328 e. The summed E-state index contributed by atoms with van der Waals surface area (Å²) in [5.41, 5.74) is 4.93. The second kappa shape index (κ2) is 27.9. The number of pyridine rings is 1. The predicted molar refractivity (Wildman–Crippen MR) is 380 cm³/mol. The Bertz CT molecular complexity index is 3790. The number of imide groups is 1. The zero-order chi connectivity index (χ0) is 69.9. The molecule has 6 heterocycles. The van der Waals surface area contributed by atoms with Gasteiger partial charge in [-0.05, 0) is 157 Å². The fourth-order valence-electron chi connectivity index (χ4n) is 17.4. The van der Waals surface area contributed by atoms with Gasteiger partial charge in [0.05, 0.1) is 36.0 Å². The molecule has 16 nitrogen and oxygen atoms in total. The van der Waals surface area contributed by atoms with Crippen molar-refractivity contribution >= 4 is 67.4 Å². The molecule has 4 amide bonds. The van der Waals surface area contributed by atoms with E-state index in [-0.39, 0.29) is 99.4 Å². The van der Waals surface area contributed by atoms with E-state index >= 15 is 8.78 Å². The van der Waals surface area contributed by atoms with Gasteiger partial charge in [0.25, 0.3) is 14.2 Å². The summed E-state index contributed by atoms with van der Waals surface area (Å²) in [6, 6.07) is 11.5. The number of carbonyl (C=O) groups excluding carboxylic acids is 3. The molecule has 0 unspecified atom stereocenters. The summed E-state index contributed by atoms with van der Waals surface area (Å²) in [4.78, 5) is 63.1. The Morgan fingerprint density at radius 2 is 1.46 bits per heavy atom. The summed E-state index contributed by atoms with van der Waals surface area (Å²) in [5.74, 6) is 3.68. The van der Waals surface area contributed by atoms with Crippen molar-refractivity contribution in [2.24, 2.45) is 16.7 Å². The number of amides is 4. The van der Waals surface area contributed by atoms with Gasteiger partial charge < -0.3 is 38.6 Å². The fourth-order valence-corrected chi connectivity index (χ4v) is 27.9. The van der Waals surface area contributed by atoms with Crippen LogP contribution in [0.3, 0.4) is 0 Å². The number of halogens is 2. The van der Waals surface area contributed by atoms with Crippen molar-refractivity contribution in [2.45, 2.75) is 199 Å². The van der Waals surface area contributed by atoms with Gasteiger partial charge in [0.15, 0.2) is 5.82 Å². The molecule has 5 aromatic rings. The monoisotopic (exact) mass is 1340 g/mol. The molecule has 6 aliphatic rings. The van der Waals surface area contributed by atoms with Crippen molar-refractivity contribution in [3.63, 3.8) is 0 Å². The van der Waals surface area contributed by atoms with Gasteiger partial charge in [-0.1, -0.05) is 95.1 Å². The number of aliphatic hydroxyl groups is 1. The second-order valence-electron chi connectivity index (χ2n) is 30.9. The highest BCUT2D eigenvalue weighted by molar-refractivity contribution is 6.90. The van der Waals surface area contributed by atoms with Crippen LogP contribution in [0.1, 0.15) is 179 Å². The minimum Gasteiger partial charge on any atom is -0.543 e. The standard InChI is InChI=1S/C75H105F2N9O7Si2/c1-48(2)94(49(3)4,50(5)6)39-23-58-61(76)18-16-55-40-57(93-95(51(7)8,52(9)10)53(11)12)42-59(65(55)58)67-66(77)68-60(43-78-67)69(85-31-15-24-73(13,90)45-85)81-71(80-68)92-47-75(27-28-75)46-83-37-35-82(36-38-83)44-54-20-25-74(26-21-54)29-33-84(34-30-74)70(88)56-17-19-63(91-14)62(41-56)86-32-22-64(87)79-72(86)89/h16-19,40-43,48-54,90H,15,20-22,24-38,44-47H2,1-14H3,(H,79,87,89)/t73-/m1/s1/i46D2. The molecule has 0 bridgehead atoms. The molecule has 2 saturated carbocycles. The number of hydrogen-bond acceptors (Lipinski definition) is 13. The summed E-state index contributed by atoms with van der Waals surface area (Å²) in [5, 5.41) is 15.3. The number of nitrogens with one attached hydrogen (secondary N) is 1. The van der Waals surface area contributed by atoms with Gasteiger partial charge >= 0.3 is 12.0 Å². The largest absolute Gasteiger partial charge is 0.543 e. The van der Waals surface area contributed by atoms with Crippen LogP contribution < -0.4 is 29.0 Å². The quantitative estimate of drug-likeness (QED) is 0.0559. The first kappa shape index (κ1) is 67.3. The molecule has 2 aliphatic carbocycles. The van der Waals surface area contributed by atoms with Crippen LogP contribution in [-0.4, -0.2) is 160 Å². The summed E-state index contributed by atoms with van der Waals surface area (Å²) in [6.07, 6.45) is 10.5. The molecule has 1 spiro atoms. The van der Waals surface area contributed by atoms with E-state index in [4.69, 9.17) is 28.9 Å². The number of methoxy groups -OCH3 is 1. The minimum atomic E-state index is -2.59. The van der Waals surface area contributed by atoms with Crippen molar-refractivity contribution in [1.29, 1.82) is 0 Å². The lowest BCUT2D eigenvalue weighted by Gasteiger charge is -2.47. The number of piperidine rings is 2. The van der Waals surface area contributed by atoms with Gasteiger partial charge in [0.1, 0.15) is 42.4 Å². The number of likely N-dealkylation sites (tertiary alicyclic amines) is 1. The third-order valence-electron chi connectivity index (χ3n) is 22.8. The van der Waals surface area contributed by atoms with Crippen molar-refractivity contribution in [2.75, 3.05) is 95.5 Å². The van der Waals surface area contributed by atoms with E-state index in [0.29, 0.717) is 115 Å². The third-order valence-corrected chi connectivity index (χ3v) is 35.1. The van der Waals surface area contributed by atoms with E-state index in [1.165, 1.54) is 18.1 Å². The van der Waals surface area contributed by atoms with Gasteiger partial charge in [-0.3, -0.25) is 24.8 Å². The lowest BCUT2D eigenvalue weighted by molar-refractivity contribution is -0.120. The fraction of sp³-hybridized carbons (Fsp3) is 0.627. The molecule has 2 N–H and O–H groups in total. The lowest BCUT2D eigenvalue weighted by atomic mass is 9.65. The molecule has 2 aromatic heterocycles. The molecule has 4 saturated heterocycles. The maximum atomic E-state index is 18.6. The maximum absolute atomic E-state index is 18.6. The number of carbonyl (C=O) groups is 3. The van der Waals surface area contributed by atoms with Crippen molar-refractivity contribution < 1.29 is 44.9 Å². The molecule has 514 valence electrons. The number of piperazine rings is 1. The Morgan fingerprint density at radius 3 is 2.07 bits per heavy atom. The summed E-state index contributed by atoms with van der Waals surface area (Å²) < 4.78 is 74.6.